The van der Waals surface area contributed by atoms with Gasteiger partial charge in [-0.25, -0.2) is 4.79 Å². The normalized spacial score (nSPS) is 16.9. The van der Waals surface area contributed by atoms with Crippen molar-refractivity contribution in [3.63, 3.8) is 0 Å². The average Bonchev–Trinajstić information content (AvgIpc) is 2.52. The quantitative estimate of drug-likeness (QED) is 0.645. The summed E-state index contributed by atoms with van der Waals surface area (Å²) in [6.45, 7) is 1.66. The Labute approximate surface area is 132 Å². The third-order valence-corrected chi connectivity index (χ3v) is 4.22. The van der Waals surface area contributed by atoms with E-state index in [0.717, 1.165) is 16.3 Å². The van der Waals surface area contributed by atoms with E-state index in [0.29, 0.717) is 17.1 Å². The zero-order valence-electron chi connectivity index (χ0n) is 12.5. The van der Waals surface area contributed by atoms with Gasteiger partial charge in [-0.15, -0.1) is 0 Å². The van der Waals surface area contributed by atoms with Gasteiger partial charge < -0.3 is 9.15 Å². The number of fused-ring (bicyclic) bond motifs is 2. The predicted octanol–water partition coefficient (Wildman–Crippen LogP) is 3.54. The highest BCUT2D eigenvalue weighted by atomic mass is 16.5. The Balaban J connectivity index is 2.00. The number of carbonyl (C=O) groups excluding carboxylic acids is 1. The van der Waals surface area contributed by atoms with Crippen molar-refractivity contribution in [1.82, 2.24) is 0 Å². The summed E-state index contributed by atoms with van der Waals surface area (Å²) in [5.41, 5.74) is 0.925. The van der Waals surface area contributed by atoms with Crippen molar-refractivity contribution in [3.8, 4) is 5.75 Å². The third-order valence-electron chi connectivity index (χ3n) is 4.22. The van der Waals surface area contributed by atoms with Gasteiger partial charge >= 0.3 is 11.6 Å². The van der Waals surface area contributed by atoms with E-state index in [-0.39, 0.29) is 18.3 Å². The summed E-state index contributed by atoms with van der Waals surface area (Å²) in [7, 11) is 0. The number of benzene rings is 2. The summed E-state index contributed by atoms with van der Waals surface area (Å²) in [5, 5.41) is 2.10. The Morgan fingerprint density at radius 3 is 2.70 bits per heavy atom. The lowest BCUT2D eigenvalue weighted by Gasteiger charge is -2.24. The highest BCUT2D eigenvalue weighted by Crippen LogP contribution is 2.39. The maximum Gasteiger partial charge on any atom is 0.343 e. The monoisotopic (exact) mass is 306 g/mol. The Kier molecular flexibility index (Phi) is 3.05. The van der Waals surface area contributed by atoms with Crippen LogP contribution in [0, 0.1) is 6.92 Å². The molecule has 1 aliphatic rings. The lowest BCUT2D eigenvalue weighted by molar-refractivity contribution is -0.135. The molecular weight excluding hydrogens is 292 g/mol. The molecule has 0 amide bonds. The predicted molar refractivity (Wildman–Crippen MR) is 85.8 cm³/mol. The smallest absolute Gasteiger partial charge is 0.343 e. The number of esters is 1. The molecule has 2 aromatic carbocycles. The molecule has 4 nitrogen and oxygen atoms in total. The molecule has 0 N–H and O–H groups in total. The lowest BCUT2D eigenvalue weighted by Crippen LogP contribution is -2.26. The van der Waals surface area contributed by atoms with Gasteiger partial charge in [0.15, 0.2) is 0 Å². The van der Waals surface area contributed by atoms with Crippen LogP contribution in [0.4, 0.5) is 0 Å². The molecule has 23 heavy (non-hydrogen) atoms. The van der Waals surface area contributed by atoms with Crippen molar-refractivity contribution >= 4 is 16.7 Å². The van der Waals surface area contributed by atoms with Gasteiger partial charge in [-0.05, 0) is 23.3 Å². The molecule has 0 aliphatic carbocycles. The Morgan fingerprint density at radius 1 is 1.04 bits per heavy atom. The van der Waals surface area contributed by atoms with Gasteiger partial charge in [0.25, 0.3) is 0 Å². The van der Waals surface area contributed by atoms with Gasteiger partial charge in [-0.3, -0.25) is 4.79 Å². The molecule has 0 spiro atoms. The summed E-state index contributed by atoms with van der Waals surface area (Å²) >= 11 is 0. The summed E-state index contributed by atoms with van der Waals surface area (Å²) in [4.78, 5) is 24.4. The molecule has 3 aromatic rings. The summed E-state index contributed by atoms with van der Waals surface area (Å²) in [5.74, 6) is 0.0580. The summed E-state index contributed by atoms with van der Waals surface area (Å²) in [6.07, 6.45) is 0.134. The second kappa shape index (κ2) is 5.09. The van der Waals surface area contributed by atoms with Crippen LogP contribution >= 0.6 is 0 Å². The van der Waals surface area contributed by atoms with Crippen LogP contribution in [0.3, 0.4) is 0 Å². The first kappa shape index (κ1) is 13.8. The first-order valence-electron chi connectivity index (χ1n) is 7.46. The molecular formula is C19H14O4. The van der Waals surface area contributed by atoms with E-state index < -0.39 is 5.63 Å². The fourth-order valence-electron chi connectivity index (χ4n) is 3.24. The van der Waals surface area contributed by atoms with Gasteiger partial charge in [-0.2, -0.15) is 0 Å². The van der Waals surface area contributed by atoms with Crippen molar-refractivity contribution in [1.29, 1.82) is 0 Å². The van der Waals surface area contributed by atoms with E-state index >= 15 is 0 Å². The standard InChI is InChI=1S/C19H14O4/c1-11-9-16-18(19(21)22-11)15(10-17(20)23-16)14-8-4-6-12-5-2-3-7-13(12)14/h2-9,15H,10H2,1H3. The number of carbonyl (C=O) groups is 1. The van der Waals surface area contributed by atoms with Crippen LogP contribution < -0.4 is 10.4 Å². The average molecular weight is 306 g/mol. The maximum atomic E-state index is 12.4. The fraction of sp³-hybridized carbons (Fsp3) is 0.158. The molecule has 0 saturated heterocycles. The topological polar surface area (TPSA) is 56.5 Å². The molecule has 4 heteroatoms. The van der Waals surface area contributed by atoms with Crippen molar-refractivity contribution in [3.05, 3.63) is 75.8 Å². The summed E-state index contributed by atoms with van der Waals surface area (Å²) in [6, 6.07) is 15.4. The highest BCUT2D eigenvalue weighted by Gasteiger charge is 2.33. The number of ether oxygens (including phenoxy) is 1. The number of aryl methyl sites for hydroxylation is 1. The van der Waals surface area contributed by atoms with Gasteiger partial charge in [0.1, 0.15) is 11.5 Å². The molecule has 4 rings (SSSR count). The molecule has 0 radical (unpaired) electrons. The molecule has 0 bridgehead atoms. The minimum Gasteiger partial charge on any atom is -0.428 e. The SMILES string of the molecule is Cc1cc2c(c(=O)o1)C(c1cccc3ccccc13)CC(=O)O2. The number of hydrogen-bond acceptors (Lipinski definition) is 4. The van der Waals surface area contributed by atoms with E-state index in [9.17, 15) is 9.59 Å². The Morgan fingerprint density at radius 2 is 1.83 bits per heavy atom. The number of rotatable bonds is 1. The molecule has 1 unspecified atom stereocenters. The van der Waals surface area contributed by atoms with E-state index in [4.69, 9.17) is 9.15 Å². The van der Waals surface area contributed by atoms with Crippen LogP contribution in [0.5, 0.6) is 5.75 Å². The molecule has 0 saturated carbocycles. The summed E-state index contributed by atoms with van der Waals surface area (Å²) < 4.78 is 10.5. The van der Waals surface area contributed by atoms with E-state index in [1.54, 1.807) is 13.0 Å². The van der Waals surface area contributed by atoms with Gasteiger partial charge in [0.05, 0.1) is 12.0 Å². The van der Waals surface area contributed by atoms with E-state index in [2.05, 4.69) is 0 Å². The van der Waals surface area contributed by atoms with E-state index in [1.807, 2.05) is 42.5 Å². The molecule has 114 valence electrons. The highest BCUT2D eigenvalue weighted by molar-refractivity contribution is 5.88. The molecule has 1 aromatic heterocycles. The van der Waals surface area contributed by atoms with E-state index in [1.165, 1.54) is 0 Å². The molecule has 0 fully saturated rings. The van der Waals surface area contributed by atoms with Crippen LogP contribution in [0.1, 0.15) is 29.2 Å². The minimum absolute atomic E-state index is 0.134. The van der Waals surface area contributed by atoms with Crippen molar-refractivity contribution < 1.29 is 13.9 Å². The first-order chi connectivity index (χ1) is 11.1. The molecule has 1 atom stereocenters. The Bertz CT molecular complexity index is 979. The second-order valence-electron chi connectivity index (χ2n) is 5.72. The zero-order valence-corrected chi connectivity index (χ0v) is 12.5. The van der Waals surface area contributed by atoms with Crippen molar-refractivity contribution in [2.24, 2.45) is 0 Å². The second-order valence-corrected chi connectivity index (χ2v) is 5.72. The Hall–Kier alpha value is -2.88. The molecule has 1 aliphatic heterocycles. The van der Waals surface area contributed by atoms with Gasteiger partial charge in [0.2, 0.25) is 0 Å². The van der Waals surface area contributed by atoms with Gasteiger partial charge in [0, 0.05) is 12.0 Å². The lowest BCUT2D eigenvalue weighted by atomic mass is 9.84. The zero-order chi connectivity index (χ0) is 16.0. The van der Waals surface area contributed by atoms with Crippen molar-refractivity contribution in [2.75, 3.05) is 0 Å². The van der Waals surface area contributed by atoms with Crippen LogP contribution in [0.25, 0.3) is 10.8 Å². The largest absolute Gasteiger partial charge is 0.428 e. The van der Waals surface area contributed by atoms with Crippen LogP contribution in [-0.4, -0.2) is 5.97 Å². The number of hydrogen-bond donors (Lipinski definition) is 0. The van der Waals surface area contributed by atoms with Crippen LogP contribution in [-0.2, 0) is 4.79 Å². The van der Waals surface area contributed by atoms with Crippen molar-refractivity contribution in [2.45, 2.75) is 19.3 Å². The van der Waals surface area contributed by atoms with Crippen LogP contribution in [0.2, 0.25) is 0 Å². The minimum atomic E-state index is -0.439. The van der Waals surface area contributed by atoms with Gasteiger partial charge in [-0.1, -0.05) is 42.5 Å². The third kappa shape index (κ3) is 2.23. The maximum absolute atomic E-state index is 12.4. The van der Waals surface area contributed by atoms with Crippen LogP contribution in [0.15, 0.2) is 57.7 Å². The molecule has 2 heterocycles. The first-order valence-corrected chi connectivity index (χ1v) is 7.46. The fourth-order valence-corrected chi connectivity index (χ4v) is 3.24.